The van der Waals surface area contributed by atoms with Crippen LogP contribution in [-0.4, -0.2) is 31.3 Å². The maximum absolute atomic E-state index is 11.7. The van der Waals surface area contributed by atoms with Gasteiger partial charge < -0.3 is 14.8 Å². The highest BCUT2D eigenvalue weighted by molar-refractivity contribution is 6.30. The van der Waals surface area contributed by atoms with Crippen molar-refractivity contribution in [2.45, 2.75) is 38.3 Å². The van der Waals surface area contributed by atoms with E-state index in [1.807, 2.05) is 19.1 Å². The second-order valence-corrected chi connectivity index (χ2v) is 5.25. The topological polar surface area (TPSA) is 47.6 Å². The summed E-state index contributed by atoms with van der Waals surface area (Å²) in [6.45, 7) is 3.19. The second-order valence-electron chi connectivity index (χ2n) is 4.81. The Bertz CT molecular complexity index is 435. The lowest BCUT2D eigenvalue weighted by Gasteiger charge is -2.07. The van der Waals surface area contributed by atoms with Crippen molar-refractivity contribution in [2.24, 2.45) is 0 Å². The normalized spacial score (nSPS) is 20.5. The van der Waals surface area contributed by atoms with Gasteiger partial charge in [0.05, 0.1) is 18.8 Å². The Morgan fingerprint density at radius 1 is 1.40 bits per heavy atom. The van der Waals surface area contributed by atoms with Crippen LogP contribution >= 0.6 is 11.6 Å². The number of amides is 1. The second kappa shape index (κ2) is 7.50. The molecule has 1 fully saturated rings. The lowest BCUT2D eigenvalue weighted by atomic mass is 10.3. The monoisotopic (exact) mass is 297 g/mol. The number of benzene rings is 1. The first-order valence-electron chi connectivity index (χ1n) is 6.98. The highest BCUT2D eigenvalue weighted by Gasteiger charge is 2.38. The maximum atomic E-state index is 11.7. The highest BCUT2D eigenvalue weighted by Crippen LogP contribution is 2.25. The molecule has 0 saturated heterocycles. The van der Waals surface area contributed by atoms with Crippen LogP contribution in [0, 0.1) is 0 Å². The molecule has 2 atom stereocenters. The predicted octanol–water partition coefficient (Wildman–Crippen LogP) is 2.79. The van der Waals surface area contributed by atoms with Crippen molar-refractivity contribution in [2.75, 3.05) is 13.2 Å². The predicted molar refractivity (Wildman–Crippen MR) is 78.1 cm³/mol. The molecule has 1 aliphatic rings. The SMILES string of the molecule is CCO[C@H]1C[C@H]1NC(=O)CCCOc1ccc(Cl)cc1. The van der Waals surface area contributed by atoms with E-state index in [0.717, 1.165) is 12.2 Å². The first-order chi connectivity index (χ1) is 9.69. The maximum Gasteiger partial charge on any atom is 0.220 e. The minimum absolute atomic E-state index is 0.0666. The lowest BCUT2D eigenvalue weighted by Crippen LogP contribution is -2.28. The van der Waals surface area contributed by atoms with Crippen molar-refractivity contribution in [3.05, 3.63) is 29.3 Å². The van der Waals surface area contributed by atoms with E-state index < -0.39 is 0 Å². The zero-order chi connectivity index (χ0) is 14.4. The zero-order valence-electron chi connectivity index (χ0n) is 11.6. The van der Waals surface area contributed by atoms with Crippen molar-refractivity contribution in [1.29, 1.82) is 0 Å². The largest absolute Gasteiger partial charge is 0.494 e. The van der Waals surface area contributed by atoms with Gasteiger partial charge >= 0.3 is 0 Å². The molecule has 20 heavy (non-hydrogen) atoms. The molecule has 1 aliphatic carbocycles. The molecular formula is C15H20ClNO3. The van der Waals surface area contributed by atoms with Crippen LogP contribution in [0.1, 0.15) is 26.2 Å². The van der Waals surface area contributed by atoms with E-state index in [9.17, 15) is 4.79 Å². The van der Waals surface area contributed by atoms with Crippen LogP contribution in [0.3, 0.4) is 0 Å². The lowest BCUT2D eigenvalue weighted by molar-refractivity contribution is -0.121. The first kappa shape index (κ1) is 15.1. The van der Waals surface area contributed by atoms with Crippen LogP contribution < -0.4 is 10.1 Å². The molecule has 0 aromatic heterocycles. The molecule has 1 saturated carbocycles. The van der Waals surface area contributed by atoms with Gasteiger partial charge in [0.1, 0.15) is 5.75 Å². The van der Waals surface area contributed by atoms with E-state index in [1.54, 1.807) is 12.1 Å². The summed E-state index contributed by atoms with van der Waals surface area (Å²) in [6.07, 6.45) is 2.32. The third kappa shape index (κ3) is 5.02. The molecular weight excluding hydrogens is 278 g/mol. The van der Waals surface area contributed by atoms with Crippen molar-refractivity contribution >= 4 is 17.5 Å². The Morgan fingerprint density at radius 3 is 2.85 bits per heavy atom. The summed E-state index contributed by atoms with van der Waals surface area (Å²) in [5.41, 5.74) is 0. The fraction of sp³-hybridized carbons (Fsp3) is 0.533. The number of rotatable bonds is 8. The van der Waals surface area contributed by atoms with Gasteiger partial charge in [-0.25, -0.2) is 0 Å². The van der Waals surface area contributed by atoms with Gasteiger partial charge in [-0.2, -0.15) is 0 Å². The van der Waals surface area contributed by atoms with Crippen molar-refractivity contribution in [1.82, 2.24) is 5.32 Å². The third-order valence-corrected chi connectivity index (χ3v) is 3.34. The van der Waals surface area contributed by atoms with Crippen LogP contribution in [-0.2, 0) is 9.53 Å². The molecule has 1 N–H and O–H groups in total. The van der Waals surface area contributed by atoms with Crippen molar-refractivity contribution in [3.8, 4) is 5.75 Å². The Kier molecular flexibility index (Phi) is 5.68. The minimum atomic E-state index is 0.0666. The van der Waals surface area contributed by atoms with Gasteiger partial charge in [0.15, 0.2) is 0 Å². The quantitative estimate of drug-likeness (QED) is 0.751. The fourth-order valence-electron chi connectivity index (χ4n) is 1.95. The third-order valence-electron chi connectivity index (χ3n) is 3.09. The Hall–Kier alpha value is -1.26. The molecule has 0 unspecified atom stereocenters. The summed E-state index contributed by atoms with van der Waals surface area (Å²) in [7, 11) is 0. The number of hydrogen-bond acceptors (Lipinski definition) is 3. The van der Waals surface area contributed by atoms with Gasteiger partial charge in [0.2, 0.25) is 5.91 Å². The Balaban J connectivity index is 1.55. The summed E-state index contributed by atoms with van der Waals surface area (Å²) in [6, 6.07) is 7.41. The molecule has 0 heterocycles. The molecule has 0 aliphatic heterocycles. The van der Waals surface area contributed by atoms with Gasteiger partial charge in [-0.3, -0.25) is 4.79 Å². The first-order valence-corrected chi connectivity index (χ1v) is 7.36. The van der Waals surface area contributed by atoms with Crippen LogP contribution in [0.5, 0.6) is 5.75 Å². The molecule has 110 valence electrons. The van der Waals surface area contributed by atoms with Gasteiger partial charge in [-0.15, -0.1) is 0 Å². The van der Waals surface area contributed by atoms with E-state index in [2.05, 4.69) is 5.32 Å². The van der Waals surface area contributed by atoms with Crippen LogP contribution in [0.2, 0.25) is 5.02 Å². The summed E-state index contributed by atoms with van der Waals surface area (Å²) in [5.74, 6) is 0.838. The Labute approximate surface area is 124 Å². The molecule has 4 nitrogen and oxygen atoms in total. The Morgan fingerprint density at radius 2 is 2.15 bits per heavy atom. The summed E-state index contributed by atoms with van der Waals surface area (Å²) in [4.78, 5) is 11.7. The molecule has 5 heteroatoms. The average molecular weight is 298 g/mol. The summed E-state index contributed by atoms with van der Waals surface area (Å²) in [5, 5.41) is 3.64. The average Bonchev–Trinajstić information content (AvgIpc) is 3.15. The number of carbonyl (C=O) groups is 1. The van der Waals surface area contributed by atoms with E-state index in [4.69, 9.17) is 21.1 Å². The van der Waals surface area contributed by atoms with Crippen LogP contribution in [0.4, 0.5) is 0 Å². The van der Waals surface area contributed by atoms with E-state index in [-0.39, 0.29) is 18.1 Å². The van der Waals surface area contributed by atoms with E-state index in [1.165, 1.54) is 0 Å². The zero-order valence-corrected chi connectivity index (χ0v) is 12.4. The smallest absolute Gasteiger partial charge is 0.220 e. The number of carbonyl (C=O) groups excluding carboxylic acids is 1. The highest BCUT2D eigenvalue weighted by atomic mass is 35.5. The van der Waals surface area contributed by atoms with Gasteiger partial charge in [-0.05, 0) is 44.0 Å². The summed E-state index contributed by atoms with van der Waals surface area (Å²) >= 11 is 5.78. The van der Waals surface area contributed by atoms with Crippen LogP contribution in [0.15, 0.2) is 24.3 Å². The molecule has 0 bridgehead atoms. The van der Waals surface area contributed by atoms with Gasteiger partial charge in [0.25, 0.3) is 0 Å². The van der Waals surface area contributed by atoms with E-state index >= 15 is 0 Å². The molecule has 1 aromatic rings. The number of nitrogens with one attached hydrogen (secondary N) is 1. The minimum Gasteiger partial charge on any atom is -0.494 e. The number of ether oxygens (including phenoxy) is 2. The van der Waals surface area contributed by atoms with Gasteiger partial charge in [-0.1, -0.05) is 11.6 Å². The van der Waals surface area contributed by atoms with Crippen LogP contribution in [0.25, 0.3) is 0 Å². The molecule has 1 amide bonds. The van der Waals surface area contributed by atoms with E-state index in [0.29, 0.717) is 31.1 Å². The molecule has 1 aromatic carbocycles. The molecule has 0 radical (unpaired) electrons. The van der Waals surface area contributed by atoms with Gasteiger partial charge in [0, 0.05) is 18.1 Å². The molecule has 2 rings (SSSR count). The summed E-state index contributed by atoms with van der Waals surface area (Å²) < 4.78 is 10.9. The van der Waals surface area contributed by atoms with Crippen molar-refractivity contribution in [3.63, 3.8) is 0 Å². The standard InChI is InChI=1S/C15H20ClNO3/c1-2-19-14-10-13(14)17-15(18)4-3-9-20-12-7-5-11(16)6-8-12/h5-8,13-14H,2-4,9-10H2,1H3,(H,17,18)/t13-,14+/m1/s1. The number of halogens is 1. The molecule has 0 spiro atoms. The van der Waals surface area contributed by atoms with Crippen molar-refractivity contribution < 1.29 is 14.3 Å². The number of hydrogen-bond donors (Lipinski definition) is 1. The fourth-order valence-corrected chi connectivity index (χ4v) is 2.08.